The minimum Gasteiger partial charge on any atom is -0.491 e. The molecule has 0 saturated carbocycles. The van der Waals surface area contributed by atoms with Crippen LogP contribution < -0.4 is 18.9 Å². The normalized spacial score (nSPS) is 10.5. The first-order valence-corrected chi connectivity index (χ1v) is 15.5. The molecule has 3 aromatic carbocycles. The van der Waals surface area contributed by atoms with E-state index in [0.717, 1.165) is 0 Å². The van der Waals surface area contributed by atoms with Gasteiger partial charge in [-0.05, 0) is 87.5 Å². The number of carbonyl (C=O) groups excluding carboxylic acids is 3. The Bertz CT molecular complexity index is 1370. The lowest BCUT2D eigenvalue weighted by molar-refractivity contribution is 0.0507. The fraction of sp³-hybridized carbons (Fsp3) is 0.400. The molecule has 0 unspecified atom stereocenters. The maximum absolute atomic E-state index is 12.6. The van der Waals surface area contributed by atoms with Gasteiger partial charge in [-0.2, -0.15) is 0 Å². The van der Waals surface area contributed by atoms with Crippen LogP contribution in [-0.4, -0.2) is 90.6 Å². The van der Waals surface area contributed by atoms with Crippen molar-refractivity contribution in [2.75, 3.05) is 72.7 Å². The van der Waals surface area contributed by atoms with Crippen molar-refractivity contribution >= 4 is 17.9 Å². The molecule has 0 aliphatic heterocycles. The SMILES string of the molecule is CCOC(=O)c1ccc(OCCOCCOc2ccc(OCCOCCOc3ccc(C(=O)OCC)cc3)c(C(=O)OCC)c2)cc1. The summed E-state index contributed by atoms with van der Waals surface area (Å²) in [6.07, 6.45) is 0. The van der Waals surface area contributed by atoms with Gasteiger partial charge >= 0.3 is 17.9 Å². The average Bonchev–Trinajstić information content (AvgIpc) is 3.08. The zero-order chi connectivity index (χ0) is 33.7. The van der Waals surface area contributed by atoms with Gasteiger partial charge in [-0.1, -0.05) is 0 Å². The Kier molecular flexibility index (Phi) is 16.4. The predicted molar refractivity (Wildman–Crippen MR) is 171 cm³/mol. The molecular formula is C35H42O12. The molecule has 12 heteroatoms. The third-order valence-electron chi connectivity index (χ3n) is 6.15. The summed E-state index contributed by atoms with van der Waals surface area (Å²) < 4.78 is 49.1. The Hall–Kier alpha value is -4.81. The smallest absolute Gasteiger partial charge is 0.342 e. The number of esters is 3. The van der Waals surface area contributed by atoms with Gasteiger partial charge in [0.25, 0.3) is 0 Å². The minimum atomic E-state index is -0.528. The molecule has 0 spiro atoms. The van der Waals surface area contributed by atoms with Crippen LogP contribution in [0.25, 0.3) is 0 Å². The van der Waals surface area contributed by atoms with Gasteiger partial charge in [0.1, 0.15) is 55.0 Å². The molecular weight excluding hydrogens is 612 g/mol. The molecule has 254 valence electrons. The van der Waals surface area contributed by atoms with Crippen molar-refractivity contribution in [3.63, 3.8) is 0 Å². The van der Waals surface area contributed by atoms with Gasteiger partial charge in [-0.25, -0.2) is 14.4 Å². The average molecular weight is 655 g/mol. The molecule has 0 saturated heterocycles. The van der Waals surface area contributed by atoms with E-state index in [1.807, 2.05) is 0 Å². The van der Waals surface area contributed by atoms with E-state index in [-0.39, 0.29) is 43.9 Å². The number of ether oxygens (including phenoxy) is 9. The Labute approximate surface area is 274 Å². The largest absolute Gasteiger partial charge is 0.491 e. The Balaban J connectivity index is 1.33. The Morgan fingerprint density at radius 3 is 1.28 bits per heavy atom. The third kappa shape index (κ3) is 13.2. The first-order chi connectivity index (χ1) is 22.9. The van der Waals surface area contributed by atoms with Crippen LogP contribution in [0.5, 0.6) is 23.0 Å². The fourth-order valence-corrected chi connectivity index (χ4v) is 3.97. The van der Waals surface area contributed by atoms with Gasteiger partial charge in [-0.3, -0.25) is 0 Å². The molecule has 0 heterocycles. The van der Waals surface area contributed by atoms with Crippen LogP contribution in [0.4, 0.5) is 0 Å². The van der Waals surface area contributed by atoms with Crippen LogP contribution in [0.3, 0.4) is 0 Å². The van der Waals surface area contributed by atoms with Crippen LogP contribution in [-0.2, 0) is 23.7 Å². The third-order valence-corrected chi connectivity index (χ3v) is 6.15. The lowest BCUT2D eigenvalue weighted by Crippen LogP contribution is -2.14. The van der Waals surface area contributed by atoms with E-state index in [2.05, 4.69) is 0 Å². The maximum atomic E-state index is 12.6. The first kappa shape index (κ1) is 36.7. The molecule has 0 aliphatic carbocycles. The summed E-state index contributed by atoms with van der Waals surface area (Å²) in [7, 11) is 0. The van der Waals surface area contributed by atoms with Crippen molar-refractivity contribution in [1.29, 1.82) is 0 Å². The topological polar surface area (TPSA) is 134 Å². The summed E-state index contributed by atoms with van der Waals surface area (Å²) in [5, 5.41) is 0. The van der Waals surface area contributed by atoms with E-state index in [0.29, 0.717) is 80.4 Å². The van der Waals surface area contributed by atoms with Crippen molar-refractivity contribution < 1.29 is 57.0 Å². The van der Waals surface area contributed by atoms with Crippen molar-refractivity contribution in [2.24, 2.45) is 0 Å². The second-order valence-electron chi connectivity index (χ2n) is 9.49. The number of carbonyl (C=O) groups is 3. The molecule has 0 aromatic heterocycles. The van der Waals surface area contributed by atoms with Crippen LogP contribution in [0.1, 0.15) is 51.8 Å². The van der Waals surface area contributed by atoms with Crippen molar-refractivity contribution in [1.82, 2.24) is 0 Å². The fourth-order valence-electron chi connectivity index (χ4n) is 3.97. The second kappa shape index (κ2) is 21.1. The summed E-state index contributed by atoms with van der Waals surface area (Å²) in [5.74, 6) is 0.755. The second-order valence-corrected chi connectivity index (χ2v) is 9.49. The molecule has 3 aromatic rings. The van der Waals surface area contributed by atoms with Crippen LogP contribution in [0.2, 0.25) is 0 Å². The van der Waals surface area contributed by atoms with Crippen LogP contribution in [0, 0.1) is 0 Å². The molecule has 0 atom stereocenters. The van der Waals surface area contributed by atoms with Gasteiger partial charge in [0, 0.05) is 0 Å². The van der Waals surface area contributed by atoms with Gasteiger partial charge in [-0.15, -0.1) is 0 Å². The summed E-state index contributed by atoms with van der Waals surface area (Å²) in [5.41, 5.74) is 1.16. The number of hydrogen-bond donors (Lipinski definition) is 0. The monoisotopic (exact) mass is 654 g/mol. The molecule has 12 nitrogen and oxygen atoms in total. The Morgan fingerprint density at radius 2 is 0.830 bits per heavy atom. The molecule has 0 fully saturated rings. The van der Waals surface area contributed by atoms with Gasteiger partial charge in [0.05, 0.1) is 57.4 Å². The van der Waals surface area contributed by atoms with E-state index in [1.165, 1.54) is 0 Å². The standard InChI is InChI=1S/C35H42O12/c1-4-41-33(36)26-7-11-28(12-8-26)44-21-17-39-19-23-46-30-15-16-32(31(25-30)35(38)43-6-3)47-24-20-40-18-22-45-29-13-9-27(10-14-29)34(37)42-5-2/h7-16,25H,4-6,17-24H2,1-3H3. The van der Waals surface area contributed by atoms with Gasteiger partial charge < -0.3 is 42.6 Å². The quantitative estimate of drug-likeness (QED) is 0.0804. The van der Waals surface area contributed by atoms with Gasteiger partial charge in [0.2, 0.25) is 0 Å². The number of benzene rings is 3. The maximum Gasteiger partial charge on any atom is 0.342 e. The van der Waals surface area contributed by atoms with Gasteiger partial charge in [0.15, 0.2) is 0 Å². The lowest BCUT2D eigenvalue weighted by atomic mass is 10.2. The molecule has 0 aliphatic rings. The van der Waals surface area contributed by atoms with E-state index >= 15 is 0 Å². The first-order valence-electron chi connectivity index (χ1n) is 15.5. The summed E-state index contributed by atoms with van der Waals surface area (Å²) >= 11 is 0. The van der Waals surface area contributed by atoms with E-state index in [4.69, 9.17) is 42.6 Å². The lowest BCUT2D eigenvalue weighted by Gasteiger charge is -2.14. The van der Waals surface area contributed by atoms with Crippen molar-refractivity contribution in [3.05, 3.63) is 83.4 Å². The van der Waals surface area contributed by atoms with E-state index in [9.17, 15) is 14.4 Å². The van der Waals surface area contributed by atoms with Crippen molar-refractivity contribution in [3.8, 4) is 23.0 Å². The summed E-state index contributed by atoms with van der Waals surface area (Å²) in [6.45, 7) is 8.39. The molecule has 0 radical (unpaired) electrons. The van der Waals surface area contributed by atoms with Crippen molar-refractivity contribution in [2.45, 2.75) is 20.8 Å². The zero-order valence-electron chi connectivity index (χ0n) is 27.0. The van der Waals surface area contributed by atoms with E-state index < -0.39 is 5.97 Å². The number of hydrogen-bond acceptors (Lipinski definition) is 12. The molecule has 0 bridgehead atoms. The highest BCUT2D eigenvalue weighted by Gasteiger charge is 2.16. The molecule has 47 heavy (non-hydrogen) atoms. The highest BCUT2D eigenvalue weighted by atomic mass is 16.6. The summed E-state index contributed by atoms with van der Waals surface area (Å²) in [6, 6.07) is 18.3. The molecule has 0 N–H and O–H groups in total. The van der Waals surface area contributed by atoms with Crippen LogP contribution in [0.15, 0.2) is 66.7 Å². The Morgan fingerprint density at radius 1 is 0.447 bits per heavy atom. The molecule has 0 amide bonds. The highest BCUT2D eigenvalue weighted by molar-refractivity contribution is 5.93. The van der Waals surface area contributed by atoms with Crippen LogP contribution >= 0.6 is 0 Å². The van der Waals surface area contributed by atoms with E-state index in [1.54, 1.807) is 87.5 Å². The predicted octanol–water partition coefficient (Wildman–Crippen LogP) is 5.17. The number of rotatable bonds is 22. The summed E-state index contributed by atoms with van der Waals surface area (Å²) in [4.78, 5) is 36.0. The minimum absolute atomic E-state index is 0.201. The zero-order valence-corrected chi connectivity index (χ0v) is 27.0. The highest BCUT2D eigenvalue weighted by Crippen LogP contribution is 2.25. The molecule has 3 rings (SSSR count).